The number of hydrogen-bond acceptors (Lipinski definition) is 6. The highest BCUT2D eigenvalue weighted by molar-refractivity contribution is 6.30. The Morgan fingerprint density at radius 1 is 1.03 bits per heavy atom. The lowest BCUT2D eigenvalue weighted by molar-refractivity contribution is 0.0948. The van der Waals surface area contributed by atoms with E-state index in [1.165, 1.54) is 4.68 Å². The average Bonchev–Trinajstić information content (AvgIpc) is 3.14. The maximum atomic E-state index is 12.6. The fraction of sp³-hybridized carbons (Fsp3) is 0.286. The SMILES string of the molecule is COc1ccc(CCNC(=O)c2nnn(-c3cc(Cl)ccc3OC)c2C)cc1OC. The Balaban J connectivity index is 1.70. The Bertz CT molecular complexity index is 1050. The minimum atomic E-state index is -0.305. The molecule has 1 heterocycles. The second-order valence-corrected chi connectivity index (χ2v) is 6.88. The van der Waals surface area contributed by atoms with Crippen molar-refractivity contribution < 1.29 is 19.0 Å². The topological polar surface area (TPSA) is 87.5 Å². The molecule has 3 aromatic rings. The Labute approximate surface area is 179 Å². The summed E-state index contributed by atoms with van der Waals surface area (Å²) in [6.07, 6.45) is 0.626. The van der Waals surface area contributed by atoms with E-state index in [4.69, 9.17) is 25.8 Å². The van der Waals surface area contributed by atoms with E-state index in [1.807, 2.05) is 18.2 Å². The third-order valence-electron chi connectivity index (χ3n) is 4.63. The highest BCUT2D eigenvalue weighted by atomic mass is 35.5. The van der Waals surface area contributed by atoms with E-state index in [1.54, 1.807) is 46.5 Å². The van der Waals surface area contributed by atoms with E-state index in [0.29, 0.717) is 46.6 Å². The minimum Gasteiger partial charge on any atom is -0.494 e. The molecule has 2 aromatic carbocycles. The van der Waals surface area contributed by atoms with Crippen molar-refractivity contribution in [3.63, 3.8) is 0 Å². The van der Waals surface area contributed by atoms with Crippen LogP contribution in [0.1, 0.15) is 21.7 Å². The van der Waals surface area contributed by atoms with Gasteiger partial charge in [0.1, 0.15) is 11.4 Å². The van der Waals surface area contributed by atoms with Crippen LogP contribution in [0.2, 0.25) is 5.02 Å². The molecular weight excluding hydrogens is 408 g/mol. The van der Waals surface area contributed by atoms with Gasteiger partial charge in [0.15, 0.2) is 17.2 Å². The molecule has 1 amide bonds. The van der Waals surface area contributed by atoms with Gasteiger partial charge in [-0.15, -0.1) is 5.10 Å². The van der Waals surface area contributed by atoms with Crippen molar-refractivity contribution in [1.82, 2.24) is 20.3 Å². The van der Waals surface area contributed by atoms with Gasteiger partial charge in [0.2, 0.25) is 0 Å². The molecule has 0 saturated carbocycles. The van der Waals surface area contributed by atoms with Gasteiger partial charge in [0.05, 0.1) is 27.0 Å². The monoisotopic (exact) mass is 430 g/mol. The number of rotatable bonds is 8. The first kappa shape index (κ1) is 21.4. The molecule has 3 rings (SSSR count). The highest BCUT2D eigenvalue weighted by Gasteiger charge is 2.19. The predicted octanol–water partition coefficient (Wildman–Crippen LogP) is 3.23. The smallest absolute Gasteiger partial charge is 0.273 e. The quantitative estimate of drug-likeness (QED) is 0.590. The molecule has 9 heteroatoms. The summed E-state index contributed by atoms with van der Waals surface area (Å²) in [4.78, 5) is 12.6. The van der Waals surface area contributed by atoms with E-state index >= 15 is 0 Å². The van der Waals surface area contributed by atoms with Gasteiger partial charge in [-0.1, -0.05) is 22.9 Å². The third kappa shape index (κ3) is 4.49. The standard InChI is InChI=1S/C21H23ClN4O4/c1-13-20(24-25-26(13)16-12-15(22)6-8-17(16)28-2)21(27)23-10-9-14-5-7-18(29-3)19(11-14)30-4/h5-8,11-12H,9-10H2,1-4H3,(H,23,27). The van der Waals surface area contributed by atoms with Crippen LogP contribution in [0.25, 0.3) is 5.69 Å². The van der Waals surface area contributed by atoms with Gasteiger partial charge in [-0.25, -0.2) is 4.68 Å². The fourth-order valence-electron chi connectivity index (χ4n) is 3.04. The van der Waals surface area contributed by atoms with Gasteiger partial charge < -0.3 is 19.5 Å². The van der Waals surface area contributed by atoms with Crippen LogP contribution in [0.15, 0.2) is 36.4 Å². The second-order valence-electron chi connectivity index (χ2n) is 6.45. The Morgan fingerprint density at radius 2 is 1.73 bits per heavy atom. The number of methoxy groups -OCH3 is 3. The summed E-state index contributed by atoms with van der Waals surface area (Å²) in [7, 11) is 4.73. The molecule has 1 aromatic heterocycles. The first-order valence-electron chi connectivity index (χ1n) is 9.23. The van der Waals surface area contributed by atoms with Crippen LogP contribution in [0.4, 0.5) is 0 Å². The summed E-state index contributed by atoms with van der Waals surface area (Å²) in [5.74, 6) is 1.58. The van der Waals surface area contributed by atoms with Crippen molar-refractivity contribution >= 4 is 17.5 Å². The second kappa shape index (κ2) is 9.49. The molecule has 0 aliphatic carbocycles. The number of carbonyl (C=O) groups excluding carboxylic acids is 1. The average molecular weight is 431 g/mol. The zero-order valence-corrected chi connectivity index (χ0v) is 18.0. The van der Waals surface area contributed by atoms with Crippen LogP contribution >= 0.6 is 11.6 Å². The van der Waals surface area contributed by atoms with Crippen molar-refractivity contribution in [2.75, 3.05) is 27.9 Å². The van der Waals surface area contributed by atoms with Crippen LogP contribution in [0.5, 0.6) is 17.2 Å². The van der Waals surface area contributed by atoms with Gasteiger partial charge in [0.25, 0.3) is 5.91 Å². The zero-order chi connectivity index (χ0) is 21.7. The number of hydrogen-bond donors (Lipinski definition) is 1. The number of aromatic nitrogens is 3. The summed E-state index contributed by atoms with van der Waals surface area (Å²) in [6.45, 7) is 2.20. The van der Waals surface area contributed by atoms with Crippen LogP contribution in [0.3, 0.4) is 0 Å². The van der Waals surface area contributed by atoms with E-state index in [-0.39, 0.29) is 11.6 Å². The molecule has 0 atom stereocenters. The molecule has 0 unspecified atom stereocenters. The molecule has 0 fully saturated rings. The van der Waals surface area contributed by atoms with Crippen molar-refractivity contribution in [3.8, 4) is 22.9 Å². The minimum absolute atomic E-state index is 0.240. The van der Waals surface area contributed by atoms with Crippen LogP contribution in [-0.2, 0) is 6.42 Å². The summed E-state index contributed by atoms with van der Waals surface area (Å²) in [5.41, 5.74) is 2.44. The molecule has 0 bridgehead atoms. The lowest BCUT2D eigenvalue weighted by atomic mass is 10.1. The summed E-state index contributed by atoms with van der Waals surface area (Å²) >= 11 is 6.10. The Morgan fingerprint density at radius 3 is 2.43 bits per heavy atom. The molecule has 30 heavy (non-hydrogen) atoms. The van der Waals surface area contributed by atoms with Gasteiger partial charge in [-0.3, -0.25) is 4.79 Å². The third-order valence-corrected chi connectivity index (χ3v) is 4.86. The van der Waals surface area contributed by atoms with Crippen LogP contribution in [0, 0.1) is 6.92 Å². The molecule has 0 aliphatic heterocycles. The number of ether oxygens (including phenoxy) is 3. The highest BCUT2D eigenvalue weighted by Crippen LogP contribution is 2.28. The molecular formula is C21H23ClN4O4. The lowest BCUT2D eigenvalue weighted by Crippen LogP contribution is -2.26. The number of nitrogens with zero attached hydrogens (tertiary/aromatic N) is 3. The zero-order valence-electron chi connectivity index (χ0n) is 17.2. The molecule has 8 nitrogen and oxygen atoms in total. The molecule has 0 spiro atoms. The van der Waals surface area contributed by atoms with Gasteiger partial charge in [0, 0.05) is 11.6 Å². The van der Waals surface area contributed by atoms with Crippen LogP contribution < -0.4 is 19.5 Å². The van der Waals surface area contributed by atoms with Gasteiger partial charge >= 0.3 is 0 Å². The first-order chi connectivity index (χ1) is 14.5. The maximum absolute atomic E-state index is 12.6. The number of halogens is 1. The Kier molecular flexibility index (Phi) is 6.79. The maximum Gasteiger partial charge on any atom is 0.273 e. The van der Waals surface area contributed by atoms with E-state index < -0.39 is 0 Å². The van der Waals surface area contributed by atoms with E-state index in [9.17, 15) is 4.79 Å². The number of amides is 1. The van der Waals surface area contributed by atoms with E-state index in [2.05, 4.69) is 15.6 Å². The fourth-order valence-corrected chi connectivity index (χ4v) is 3.20. The molecule has 0 aliphatic rings. The first-order valence-corrected chi connectivity index (χ1v) is 9.61. The normalized spacial score (nSPS) is 10.6. The number of carbonyl (C=O) groups is 1. The van der Waals surface area contributed by atoms with Crippen molar-refractivity contribution in [3.05, 3.63) is 58.4 Å². The van der Waals surface area contributed by atoms with Gasteiger partial charge in [-0.05, 0) is 49.2 Å². The van der Waals surface area contributed by atoms with Crippen molar-refractivity contribution in [1.29, 1.82) is 0 Å². The predicted molar refractivity (Wildman–Crippen MR) is 113 cm³/mol. The van der Waals surface area contributed by atoms with Gasteiger partial charge in [-0.2, -0.15) is 0 Å². The molecule has 1 N–H and O–H groups in total. The van der Waals surface area contributed by atoms with Crippen LogP contribution in [-0.4, -0.2) is 48.8 Å². The van der Waals surface area contributed by atoms with Crippen molar-refractivity contribution in [2.24, 2.45) is 0 Å². The summed E-state index contributed by atoms with van der Waals surface area (Å²) in [5, 5.41) is 11.5. The number of benzene rings is 2. The molecule has 158 valence electrons. The molecule has 0 saturated heterocycles. The summed E-state index contributed by atoms with van der Waals surface area (Å²) in [6, 6.07) is 10.8. The Hall–Kier alpha value is -3.26. The largest absolute Gasteiger partial charge is 0.494 e. The number of nitrogens with one attached hydrogen (secondary N) is 1. The van der Waals surface area contributed by atoms with E-state index in [0.717, 1.165) is 5.56 Å². The molecule has 0 radical (unpaired) electrons. The van der Waals surface area contributed by atoms with Crippen molar-refractivity contribution in [2.45, 2.75) is 13.3 Å². The lowest BCUT2D eigenvalue weighted by Gasteiger charge is -2.10. The summed E-state index contributed by atoms with van der Waals surface area (Å²) < 4.78 is 17.4.